The normalized spacial score (nSPS) is 21.1. The van der Waals surface area contributed by atoms with E-state index in [1.54, 1.807) is 33.5 Å². The Labute approximate surface area is 208 Å². The minimum atomic E-state index is 0. The molecule has 8 heteroatoms. The molecule has 2 fully saturated rings. The Balaban J connectivity index is 0.00000204. The number of halogens is 1. The van der Waals surface area contributed by atoms with Crippen LogP contribution in [0.3, 0.4) is 0 Å². The Morgan fingerprint density at radius 2 is 1.53 bits per heavy atom. The van der Waals surface area contributed by atoms with Crippen LogP contribution < -0.4 is 26.6 Å². The molecular formula is C26H36ClN2O5-. The monoisotopic (exact) mass is 491 g/mol. The molecule has 0 aromatic heterocycles. The molecule has 2 aromatic rings. The highest BCUT2D eigenvalue weighted by atomic mass is 35.5. The third kappa shape index (κ3) is 5.59. The van der Waals surface area contributed by atoms with E-state index in [0.717, 1.165) is 19.3 Å². The van der Waals surface area contributed by atoms with Crippen molar-refractivity contribution in [3.05, 3.63) is 53.6 Å². The van der Waals surface area contributed by atoms with E-state index in [2.05, 4.69) is 41.1 Å². The maximum Gasteiger partial charge on any atom is 0.254 e. The van der Waals surface area contributed by atoms with E-state index in [1.165, 1.54) is 18.4 Å². The van der Waals surface area contributed by atoms with Crippen molar-refractivity contribution in [2.45, 2.75) is 50.2 Å². The van der Waals surface area contributed by atoms with Gasteiger partial charge in [0, 0.05) is 30.2 Å². The first kappa shape index (κ1) is 27.8. The second-order valence-corrected chi connectivity index (χ2v) is 8.82. The number of benzene rings is 2. The average molecular weight is 492 g/mol. The van der Waals surface area contributed by atoms with Crippen LogP contribution in [0.1, 0.15) is 41.6 Å². The van der Waals surface area contributed by atoms with E-state index < -0.39 is 0 Å². The number of ether oxygens (including phenoxy) is 3. The lowest BCUT2D eigenvalue weighted by atomic mass is 9.95. The summed E-state index contributed by atoms with van der Waals surface area (Å²) in [7, 11) is 6.96. The van der Waals surface area contributed by atoms with Gasteiger partial charge in [-0.25, -0.2) is 0 Å². The molecule has 2 unspecified atom stereocenters. The molecule has 0 radical (unpaired) electrons. The third-order valence-electron chi connectivity index (χ3n) is 7.17. The number of nitrogens with zero attached hydrogens (tertiary/aromatic N) is 2. The van der Waals surface area contributed by atoms with Gasteiger partial charge >= 0.3 is 0 Å². The summed E-state index contributed by atoms with van der Waals surface area (Å²) >= 11 is 0. The summed E-state index contributed by atoms with van der Waals surface area (Å²) in [6.45, 7) is 0.688. The third-order valence-corrected chi connectivity index (χ3v) is 7.17. The van der Waals surface area contributed by atoms with Gasteiger partial charge in [-0.1, -0.05) is 30.3 Å². The van der Waals surface area contributed by atoms with Gasteiger partial charge in [-0.3, -0.25) is 4.79 Å². The molecule has 2 N–H and O–H groups in total. The number of rotatable bonds is 8. The standard InChI is InChI=1S/C26H34N2O4.ClH.H2O/c1-27-20-10-11-21(27)17-22(16-20)28(13-12-18-8-6-5-7-9-18)26(29)19-14-23(30-2)25(32-4)24(15-19)31-3;;/h5-9,14-15,20-22H,10-13,16-17H2,1-4H3;1H;1H2/p-1. The van der Waals surface area contributed by atoms with Crippen molar-refractivity contribution in [1.82, 2.24) is 9.80 Å². The van der Waals surface area contributed by atoms with E-state index in [-0.39, 0.29) is 29.8 Å². The summed E-state index contributed by atoms with van der Waals surface area (Å²) in [4.78, 5) is 18.5. The zero-order valence-corrected chi connectivity index (χ0v) is 21.2. The van der Waals surface area contributed by atoms with Gasteiger partial charge in [0.15, 0.2) is 11.5 Å². The summed E-state index contributed by atoms with van der Waals surface area (Å²) in [6.07, 6.45) is 5.33. The Morgan fingerprint density at radius 1 is 0.971 bits per heavy atom. The molecule has 2 aliphatic heterocycles. The van der Waals surface area contributed by atoms with Crippen LogP contribution >= 0.6 is 0 Å². The van der Waals surface area contributed by atoms with Crippen LogP contribution in [0.15, 0.2) is 42.5 Å². The molecule has 2 aromatic carbocycles. The number of hydrogen-bond donors (Lipinski definition) is 0. The SMILES string of the molecule is COc1cc(C(=O)N(CCc2ccccc2)C2CC3CCC(C2)N3C)cc(OC)c1OC.O.[Cl-]. The Kier molecular flexibility index (Phi) is 10.0. The van der Waals surface area contributed by atoms with Gasteiger partial charge in [-0.05, 0) is 56.8 Å². The Morgan fingerprint density at radius 3 is 2.03 bits per heavy atom. The number of hydrogen-bond acceptors (Lipinski definition) is 5. The minimum absolute atomic E-state index is 0. The number of methoxy groups -OCH3 is 3. The first-order valence-electron chi connectivity index (χ1n) is 11.4. The van der Waals surface area contributed by atoms with E-state index in [4.69, 9.17) is 14.2 Å². The van der Waals surface area contributed by atoms with Gasteiger partial charge in [-0.2, -0.15) is 0 Å². The van der Waals surface area contributed by atoms with Crippen molar-refractivity contribution in [3.63, 3.8) is 0 Å². The van der Waals surface area contributed by atoms with Crippen molar-refractivity contribution in [2.24, 2.45) is 0 Å². The van der Waals surface area contributed by atoms with Crippen LogP contribution in [0, 0.1) is 0 Å². The molecule has 2 heterocycles. The molecule has 2 bridgehead atoms. The lowest BCUT2D eigenvalue weighted by molar-refractivity contribution is -0.0000233. The van der Waals surface area contributed by atoms with Crippen LogP contribution in [0.25, 0.3) is 0 Å². The lowest BCUT2D eigenvalue weighted by Crippen LogP contribution is -3.00. The summed E-state index contributed by atoms with van der Waals surface area (Å²) < 4.78 is 16.4. The Bertz CT molecular complexity index is 903. The summed E-state index contributed by atoms with van der Waals surface area (Å²) in [5, 5.41) is 0. The molecule has 7 nitrogen and oxygen atoms in total. The Hall–Kier alpha value is -2.48. The molecule has 34 heavy (non-hydrogen) atoms. The molecular weight excluding hydrogens is 456 g/mol. The van der Waals surface area contributed by atoms with E-state index in [0.29, 0.717) is 41.4 Å². The van der Waals surface area contributed by atoms with Crippen molar-refractivity contribution in [2.75, 3.05) is 34.9 Å². The molecule has 4 rings (SSSR count). The smallest absolute Gasteiger partial charge is 0.254 e. The van der Waals surface area contributed by atoms with Crippen LogP contribution in [0.5, 0.6) is 17.2 Å². The van der Waals surface area contributed by atoms with Gasteiger partial charge in [0.25, 0.3) is 5.91 Å². The molecule has 2 aliphatic rings. The average Bonchev–Trinajstić information content (AvgIpc) is 3.03. The van der Waals surface area contributed by atoms with Crippen LogP contribution in [0.2, 0.25) is 0 Å². The first-order valence-corrected chi connectivity index (χ1v) is 11.4. The fourth-order valence-electron chi connectivity index (χ4n) is 5.35. The highest BCUT2D eigenvalue weighted by Crippen LogP contribution is 2.40. The van der Waals surface area contributed by atoms with Gasteiger partial charge < -0.3 is 41.9 Å². The topological polar surface area (TPSA) is 82.7 Å². The maximum atomic E-state index is 13.9. The fourth-order valence-corrected chi connectivity index (χ4v) is 5.35. The zero-order chi connectivity index (χ0) is 22.7. The largest absolute Gasteiger partial charge is 1.00 e. The summed E-state index contributed by atoms with van der Waals surface area (Å²) in [5.74, 6) is 1.53. The summed E-state index contributed by atoms with van der Waals surface area (Å²) in [5.41, 5.74) is 1.81. The predicted octanol–water partition coefficient (Wildman–Crippen LogP) is 0.202. The van der Waals surface area contributed by atoms with Gasteiger partial charge in [-0.15, -0.1) is 0 Å². The number of fused-ring (bicyclic) bond motifs is 2. The van der Waals surface area contributed by atoms with Crippen molar-refractivity contribution < 1.29 is 36.9 Å². The predicted molar refractivity (Wildman–Crippen MR) is 128 cm³/mol. The van der Waals surface area contributed by atoms with Crippen LogP contribution in [-0.2, 0) is 6.42 Å². The van der Waals surface area contributed by atoms with Gasteiger partial charge in [0.1, 0.15) is 0 Å². The highest BCUT2D eigenvalue weighted by molar-refractivity contribution is 5.96. The molecule has 2 atom stereocenters. The quantitative estimate of drug-likeness (QED) is 0.527. The lowest BCUT2D eigenvalue weighted by Gasteiger charge is -2.42. The van der Waals surface area contributed by atoms with E-state index in [9.17, 15) is 4.79 Å². The number of piperidine rings is 1. The molecule has 2 saturated heterocycles. The minimum Gasteiger partial charge on any atom is -1.00 e. The molecule has 1 amide bonds. The van der Waals surface area contributed by atoms with Crippen molar-refractivity contribution >= 4 is 5.91 Å². The maximum absolute atomic E-state index is 13.9. The second-order valence-electron chi connectivity index (χ2n) is 8.82. The number of amides is 1. The molecule has 188 valence electrons. The van der Waals surface area contributed by atoms with E-state index in [1.807, 2.05) is 6.07 Å². The number of carbonyl (C=O) groups excluding carboxylic acids is 1. The highest BCUT2D eigenvalue weighted by Gasteiger charge is 2.41. The van der Waals surface area contributed by atoms with Crippen LogP contribution in [0.4, 0.5) is 0 Å². The zero-order valence-electron chi connectivity index (χ0n) is 20.4. The van der Waals surface area contributed by atoms with Crippen molar-refractivity contribution in [1.29, 1.82) is 0 Å². The van der Waals surface area contributed by atoms with Crippen LogP contribution in [-0.4, -0.2) is 74.2 Å². The molecule has 0 spiro atoms. The molecule has 0 saturated carbocycles. The molecule has 0 aliphatic carbocycles. The fraction of sp³-hybridized carbons (Fsp3) is 0.500. The second kappa shape index (κ2) is 12.3. The first-order chi connectivity index (χ1) is 15.5. The van der Waals surface area contributed by atoms with E-state index >= 15 is 0 Å². The van der Waals surface area contributed by atoms with Crippen molar-refractivity contribution in [3.8, 4) is 17.2 Å². The van der Waals surface area contributed by atoms with Gasteiger partial charge in [0.2, 0.25) is 5.75 Å². The van der Waals surface area contributed by atoms with Gasteiger partial charge in [0.05, 0.1) is 21.3 Å². The summed E-state index contributed by atoms with van der Waals surface area (Å²) in [6, 6.07) is 15.3. The number of carbonyl (C=O) groups is 1.